The van der Waals surface area contributed by atoms with Crippen LogP contribution in [0.2, 0.25) is 0 Å². The monoisotopic (exact) mass is 782 g/mol. The van der Waals surface area contributed by atoms with E-state index in [1.807, 2.05) is 153 Å². The molecule has 1 aliphatic heterocycles. The Balaban J connectivity index is 0.000000207. The summed E-state index contributed by atoms with van der Waals surface area (Å²) in [6.45, 7) is 6.05. The van der Waals surface area contributed by atoms with E-state index in [9.17, 15) is 0 Å². The molecule has 7 nitrogen and oxygen atoms in total. The van der Waals surface area contributed by atoms with Gasteiger partial charge in [0.2, 0.25) is 0 Å². The standard InChI is InChI=1S/C20H16N3.2C7H10N2.C5H8.2ClH.Ru/c1-4-10-17(11-5-1)20-21-23(19-14-8-3-9-15-19)16-22(20)18-12-6-2-7-13-18;2*1-9(2)7-3-5-8-6-4-7;1-4-5(2)3;;;/h1-16H;2*3-6H,1-2H3;1,4H,2-3H3;2*1H;/q-1;;;;;;+2/p-2. The Bertz CT molecular complexity index is 1650. The van der Waals surface area contributed by atoms with Gasteiger partial charge in [0.05, 0.1) is 0 Å². The Morgan fingerprint density at radius 1 is 0.633 bits per heavy atom. The quantitative estimate of drug-likeness (QED) is 0.126. The molecule has 6 rings (SSSR count). The summed E-state index contributed by atoms with van der Waals surface area (Å²) in [6, 6.07) is 38.6. The molecule has 0 atom stereocenters. The van der Waals surface area contributed by atoms with Gasteiger partial charge in [0.25, 0.3) is 0 Å². The van der Waals surface area contributed by atoms with Crippen LogP contribution in [0.4, 0.5) is 22.7 Å². The van der Waals surface area contributed by atoms with Gasteiger partial charge in [0.15, 0.2) is 0 Å². The maximum absolute atomic E-state index is 5.53. The molecule has 0 aliphatic carbocycles. The number of para-hydroxylation sites is 2. The average Bonchev–Trinajstić information content (AvgIpc) is 3.59. The van der Waals surface area contributed by atoms with Crippen LogP contribution < -0.4 is 19.7 Å². The first kappa shape index (κ1) is 39.1. The number of aromatic nitrogens is 2. The minimum Gasteiger partial charge on any atom is -0.456 e. The number of hydrogen-bond acceptors (Lipinski definition) is 7. The molecule has 0 radical (unpaired) electrons. The third-order valence-corrected chi connectivity index (χ3v) is 8.36. The van der Waals surface area contributed by atoms with Crippen molar-refractivity contribution in [2.45, 2.75) is 13.8 Å². The second kappa shape index (κ2) is 21.6. The summed E-state index contributed by atoms with van der Waals surface area (Å²) in [6.07, 6.45) is 9.11. The van der Waals surface area contributed by atoms with Crippen molar-refractivity contribution in [1.82, 2.24) is 9.97 Å². The summed E-state index contributed by atoms with van der Waals surface area (Å²) in [5, 5.41) is 6.72. The molecule has 0 saturated carbocycles. The van der Waals surface area contributed by atoms with Gasteiger partial charge in [-0.1, -0.05) is 66.7 Å². The SMILES string of the molecule is CC(C)=C[CH]=[Ru]([Cl])[Cl].CN(C)c1ccncc1.CN(C)c1ccncc1.c1ccc(C2=NN(c3ccccc3)[CH-]N2c2ccccc2)cc1. The largest absolute Gasteiger partial charge is 0.456 e. The Labute approximate surface area is 305 Å². The maximum Gasteiger partial charge on any atom is 0.129 e. The summed E-state index contributed by atoms with van der Waals surface area (Å²) in [4.78, 5) is 14.0. The normalized spacial score (nSPS) is 11.6. The van der Waals surface area contributed by atoms with E-state index in [-0.39, 0.29) is 0 Å². The van der Waals surface area contributed by atoms with Crippen molar-refractivity contribution in [2.75, 3.05) is 47.9 Å². The van der Waals surface area contributed by atoms with Crippen LogP contribution in [0.5, 0.6) is 0 Å². The number of anilines is 4. The smallest absolute Gasteiger partial charge is 0.129 e. The zero-order valence-electron chi connectivity index (χ0n) is 28.8. The Morgan fingerprint density at radius 2 is 1.06 bits per heavy atom. The summed E-state index contributed by atoms with van der Waals surface area (Å²) in [5.74, 6) is 0.917. The molecule has 3 heterocycles. The molecule has 0 N–H and O–H groups in total. The molecule has 49 heavy (non-hydrogen) atoms. The van der Waals surface area contributed by atoms with Crippen molar-refractivity contribution in [3.8, 4) is 0 Å². The van der Waals surface area contributed by atoms with Crippen LogP contribution in [-0.4, -0.2) is 48.6 Å². The van der Waals surface area contributed by atoms with Crippen molar-refractivity contribution in [2.24, 2.45) is 5.10 Å². The van der Waals surface area contributed by atoms with Crippen LogP contribution in [0, 0.1) is 6.67 Å². The summed E-state index contributed by atoms with van der Waals surface area (Å²) < 4.78 is 1.88. The van der Waals surface area contributed by atoms with Gasteiger partial charge in [-0.25, -0.2) is 0 Å². The van der Waals surface area contributed by atoms with Gasteiger partial charge in [-0.3, -0.25) is 9.97 Å². The molecule has 1 aliphatic rings. The van der Waals surface area contributed by atoms with Gasteiger partial charge in [-0.2, -0.15) is 5.10 Å². The molecule has 3 aromatic carbocycles. The summed E-state index contributed by atoms with van der Waals surface area (Å²) in [7, 11) is 19.1. The minimum absolute atomic E-state index is 0.917. The molecule has 0 saturated heterocycles. The molecular formula is C39H44Cl2N7Ru-. The molecule has 0 spiro atoms. The van der Waals surface area contributed by atoms with Crippen LogP contribution in [-0.2, 0) is 13.5 Å². The van der Waals surface area contributed by atoms with E-state index in [0.29, 0.717) is 0 Å². The van der Waals surface area contributed by atoms with Gasteiger partial charge in [0, 0.05) is 81.3 Å². The van der Waals surface area contributed by atoms with E-state index < -0.39 is 13.5 Å². The van der Waals surface area contributed by atoms with Gasteiger partial charge in [-0.15, -0.1) is 6.67 Å². The molecule has 0 amide bonds. The first-order chi connectivity index (χ1) is 23.7. The van der Waals surface area contributed by atoms with E-state index in [2.05, 4.69) is 51.3 Å². The van der Waals surface area contributed by atoms with E-state index in [1.54, 1.807) is 24.8 Å². The number of hydrazone groups is 1. The molecule has 2 aromatic heterocycles. The Morgan fingerprint density at radius 3 is 1.43 bits per heavy atom. The zero-order chi connectivity index (χ0) is 35.4. The maximum atomic E-state index is 5.53. The molecular weight excluding hydrogens is 738 g/mol. The summed E-state index contributed by atoms with van der Waals surface area (Å²) in [5.41, 5.74) is 6.83. The second-order valence-electron chi connectivity index (χ2n) is 11.1. The second-order valence-corrected chi connectivity index (χ2v) is 16.9. The summed E-state index contributed by atoms with van der Waals surface area (Å²) >= 11 is -1.52. The van der Waals surface area contributed by atoms with Crippen molar-refractivity contribution in [3.63, 3.8) is 0 Å². The van der Waals surface area contributed by atoms with Crippen molar-refractivity contribution in [1.29, 1.82) is 0 Å². The average molecular weight is 783 g/mol. The fourth-order valence-electron chi connectivity index (χ4n) is 4.05. The van der Waals surface area contributed by atoms with Crippen molar-refractivity contribution in [3.05, 3.63) is 164 Å². The molecule has 258 valence electrons. The van der Waals surface area contributed by atoms with Crippen LogP contribution >= 0.6 is 19.4 Å². The van der Waals surface area contributed by atoms with E-state index in [0.717, 1.165) is 22.8 Å². The van der Waals surface area contributed by atoms with E-state index in [1.165, 1.54) is 16.9 Å². The number of allylic oxidation sites excluding steroid dienone is 2. The van der Waals surface area contributed by atoms with Gasteiger partial charge in [-0.05, 0) is 48.5 Å². The number of nitrogens with zero attached hydrogens (tertiary/aromatic N) is 7. The number of rotatable bonds is 6. The molecule has 0 fully saturated rings. The first-order valence-corrected chi connectivity index (χ1v) is 20.9. The van der Waals surface area contributed by atoms with Crippen molar-refractivity contribution < 1.29 is 13.5 Å². The number of pyridine rings is 2. The number of halogens is 2. The van der Waals surface area contributed by atoms with Gasteiger partial charge >= 0.3 is 63.0 Å². The first-order valence-electron chi connectivity index (χ1n) is 15.4. The van der Waals surface area contributed by atoms with Crippen molar-refractivity contribution >= 4 is 52.6 Å². The number of benzene rings is 3. The minimum atomic E-state index is -1.52. The molecule has 10 heteroatoms. The number of amidine groups is 1. The van der Waals surface area contributed by atoms with Gasteiger partial charge < -0.3 is 19.7 Å². The third-order valence-electron chi connectivity index (χ3n) is 6.58. The van der Waals surface area contributed by atoms with Crippen LogP contribution in [0.1, 0.15) is 19.4 Å². The zero-order valence-corrected chi connectivity index (χ0v) is 32.0. The predicted octanol–water partition coefficient (Wildman–Crippen LogP) is 9.47. The molecule has 0 bridgehead atoms. The van der Waals surface area contributed by atoms with Crippen LogP contribution in [0.3, 0.4) is 0 Å². The molecule has 0 unspecified atom stereocenters. The van der Waals surface area contributed by atoms with E-state index in [4.69, 9.17) is 24.5 Å². The number of hydrogen-bond donors (Lipinski definition) is 0. The van der Waals surface area contributed by atoms with E-state index >= 15 is 0 Å². The topological polar surface area (TPSA) is 51.1 Å². The molecule has 5 aromatic rings. The Hall–Kier alpha value is -4.36. The fraction of sp³-hybridized carbons (Fsp3) is 0.154. The fourth-order valence-corrected chi connectivity index (χ4v) is 5.38. The van der Waals surface area contributed by atoms with Crippen LogP contribution in [0.15, 0.2) is 157 Å². The predicted molar refractivity (Wildman–Crippen MR) is 209 cm³/mol. The third kappa shape index (κ3) is 14.3. The Kier molecular flexibility index (Phi) is 17.2. The van der Waals surface area contributed by atoms with Gasteiger partial charge in [0.1, 0.15) is 5.84 Å². The van der Waals surface area contributed by atoms with Crippen LogP contribution in [0.25, 0.3) is 0 Å².